The summed E-state index contributed by atoms with van der Waals surface area (Å²) in [6.45, 7) is 0. The summed E-state index contributed by atoms with van der Waals surface area (Å²) in [6, 6.07) is 6.54. The third kappa shape index (κ3) is 4.34. The molecular weight excluding hydrogens is 382 g/mol. The maximum Gasteiger partial charge on any atom is 0.446 e. The van der Waals surface area contributed by atoms with E-state index in [1.165, 1.54) is 31.4 Å². The lowest BCUT2D eigenvalue weighted by molar-refractivity contribution is 0.0197. The highest BCUT2D eigenvalue weighted by Crippen LogP contribution is 2.43. The number of aliphatic hydroxyl groups is 1. The Morgan fingerprint density at radius 3 is 2.48 bits per heavy atom. The maximum absolute atomic E-state index is 10.9. The van der Waals surface area contributed by atoms with E-state index >= 15 is 0 Å². The van der Waals surface area contributed by atoms with E-state index in [9.17, 15) is 23.7 Å². The minimum atomic E-state index is -4.72. The Kier molecular flexibility index (Phi) is 5.70. The fourth-order valence-corrected chi connectivity index (χ4v) is 3.16. The van der Waals surface area contributed by atoms with E-state index in [1.54, 1.807) is 0 Å². The normalized spacial score (nSPS) is 18.6. The molecule has 148 valence electrons. The van der Waals surface area contributed by atoms with Crippen LogP contribution in [0.15, 0.2) is 30.3 Å². The molecule has 0 aromatic heterocycles. The lowest BCUT2D eigenvalue weighted by Crippen LogP contribution is -2.30. The first-order chi connectivity index (χ1) is 12.2. The zero-order chi connectivity index (χ0) is 19.1. The second-order valence-electron chi connectivity index (χ2n) is 5.67. The summed E-state index contributed by atoms with van der Waals surface area (Å²) < 4.78 is 45.7. The zero-order valence-electron chi connectivity index (χ0n) is 14.2. The molecule has 1 heterocycles. The van der Waals surface area contributed by atoms with Crippen molar-refractivity contribution < 1.29 is 41.9 Å². The van der Waals surface area contributed by atoms with E-state index in [4.69, 9.17) is 14.0 Å². The molecule has 0 spiro atoms. The van der Waals surface area contributed by atoms with Crippen LogP contribution in [0.5, 0.6) is 28.7 Å². The highest BCUT2D eigenvalue weighted by atomic mass is 32.3. The summed E-state index contributed by atoms with van der Waals surface area (Å²) in [5, 5.41) is 29.8. The predicted octanol–water partition coefficient (Wildman–Crippen LogP) is 1.49. The SMILES string of the molecule is COc1cc([C@H]2Oc3cc(O)cc(O)c3C[C@H]2O)ccc1OS(=O)(=O)O.N. The number of fused-ring (bicyclic) bond motifs is 1. The molecular formula is C16H19NO9S. The van der Waals surface area contributed by atoms with Gasteiger partial charge in [0.15, 0.2) is 11.5 Å². The van der Waals surface area contributed by atoms with Gasteiger partial charge in [0.05, 0.1) is 13.2 Å². The lowest BCUT2D eigenvalue weighted by atomic mass is 9.94. The van der Waals surface area contributed by atoms with Gasteiger partial charge >= 0.3 is 10.4 Å². The van der Waals surface area contributed by atoms with Crippen molar-refractivity contribution in [3.63, 3.8) is 0 Å². The van der Waals surface area contributed by atoms with Crippen LogP contribution in [0.4, 0.5) is 0 Å². The van der Waals surface area contributed by atoms with E-state index in [-0.39, 0.29) is 41.3 Å². The number of methoxy groups -OCH3 is 1. The van der Waals surface area contributed by atoms with Crippen LogP contribution < -0.4 is 19.8 Å². The highest BCUT2D eigenvalue weighted by molar-refractivity contribution is 7.81. The summed E-state index contributed by atoms with van der Waals surface area (Å²) in [5.74, 6) is -0.395. The molecule has 2 aromatic carbocycles. The van der Waals surface area contributed by atoms with E-state index in [1.807, 2.05) is 0 Å². The van der Waals surface area contributed by atoms with Gasteiger partial charge in [0.1, 0.15) is 23.4 Å². The van der Waals surface area contributed by atoms with Crippen molar-refractivity contribution >= 4 is 10.4 Å². The summed E-state index contributed by atoms with van der Waals surface area (Å²) in [4.78, 5) is 0. The molecule has 27 heavy (non-hydrogen) atoms. The Bertz CT molecular complexity index is 945. The third-order valence-corrected chi connectivity index (χ3v) is 4.29. The van der Waals surface area contributed by atoms with Gasteiger partial charge in [-0.05, 0) is 17.7 Å². The van der Waals surface area contributed by atoms with Crippen LogP contribution in [0.25, 0.3) is 0 Å². The first kappa shape index (κ1) is 20.6. The molecule has 1 aliphatic rings. The van der Waals surface area contributed by atoms with Crippen molar-refractivity contribution in [2.45, 2.75) is 18.6 Å². The van der Waals surface area contributed by atoms with Crippen LogP contribution in [0, 0.1) is 0 Å². The van der Waals surface area contributed by atoms with E-state index < -0.39 is 22.6 Å². The molecule has 0 amide bonds. The number of ether oxygens (including phenoxy) is 2. The number of hydrogen-bond acceptors (Lipinski definition) is 9. The largest absolute Gasteiger partial charge is 0.508 e. The molecule has 0 fully saturated rings. The molecule has 3 rings (SSSR count). The van der Waals surface area contributed by atoms with E-state index in [0.29, 0.717) is 11.1 Å². The number of aliphatic hydroxyl groups excluding tert-OH is 1. The average molecular weight is 401 g/mol. The number of rotatable bonds is 4. The molecule has 0 saturated heterocycles. The van der Waals surface area contributed by atoms with E-state index in [0.717, 1.165) is 6.07 Å². The third-order valence-electron chi connectivity index (χ3n) is 3.90. The summed E-state index contributed by atoms with van der Waals surface area (Å²) in [5.41, 5.74) is 0.801. The van der Waals surface area contributed by atoms with Crippen molar-refractivity contribution in [3.8, 4) is 28.7 Å². The number of aromatic hydroxyl groups is 2. The molecule has 0 radical (unpaired) electrons. The number of hydrogen-bond donors (Lipinski definition) is 5. The van der Waals surface area contributed by atoms with Crippen molar-refractivity contribution in [2.75, 3.05) is 7.11 Å². The van der Waals surface area contributed by atoms with Crippen LogP contribution in [0.3, 0.4) is 0 Å². The van der Waals surface area contributed by atoms with Crippen molar-refractivity contribution in [1.82, 2.24) is 6.15 Å². The quantitative estimate of drug-likeness (QED) is 0.471. The van der Waals surface area contributed by atoms with Gasteiger partial charge in [-0.15, -0.1) is 0 Å². The second-order valence-corrected chi connectivity index (χ2v) is 6.69. The molecule has 0 saturated carbocycles. The molecule has 7 N–H and O–H groups in total. The lowest BCUT2D eigenvalue weighted by Gasteiger charge is -2.31. The summed E-state index contributed by atoms with van der Waals surface area (Å²) in [7, 11) is -3.45. The van der Waals surface area contributed by atoms with Gasteiger partial charge in [-0.25, -0.2) is 0 Å². The van der Waals surface area contributed by atoms with Crippen LogP contribution in [0.1, 0.15) is 17.2 Å². The smallest absolute Gasteiger partial charge is 0.446 e. The molecule has 0 bridgehead atoms. The van der Waals surface area contributed by atoms with Gasteiger partial charge in [-0.2, -0.15) is 8.42 Å². The van der Waals surface area contributed by atoms with Crippen LogP contribution in [-0.2, 0) is 16.8 Å². The minimum Gasteiger partial charge on any atom is -0.508 e. The van der Waals surface area contributed by atoms with Gasteiger partial charge in [-0.3, -0.25) is 4.55 Å². The van der Waals surface area contributed by atoms with Crippen molar-refractivity contribution in [1.29, 1.82) is 0 Å². The molecule has 0 unspecified atom stereocenters. The van der Waals surface area contributed by atoms with Gasteiger partial charge in [-0.1, -0.05) is 6.07 Å². The maximum atomic E-state index is 10.9. The fraction of sp³-hybridized carbons (Fsp3) is 0.250. The number of benzene rings is 2. The van der Waals surface area contributed by atoms with Gasteiger partial charge in [0.2, 0.25) is 0 Å². The van der Waals surface area contributed by atoms with Gasteiger partial charge < -0.3 is 35.1 Å². The van der Waals surface area contributed by atoms with Crippen LogP contribution in [0.2, 0.25) is 0 Å². The predicted molar refractivity (Wildman–Crippen MR) is 93.0 cm³/mol. The topological polar surface area (TPSA) is 178 Å². The first-order valence-corrected chi connectivity index (χ1v) is 8.79. The Hall–Kier alpha value is -2.73. The molecule has 0 aliphatic carbocycles. The van der Waals surface area contributed by atoms with Gasteiger partial charge in [0, 0.05) is 24.1 Å². The Morgan fingerprint density at radius 2 is 1.85 bits per heavy atom. The fourth-order valence-electron chi connectivity index (χ4n) is 2.79. The Morgan fingerprint density at radius 1 is 1.15 bits per heavy atom. The van der Waals surface area contributed by atoms with Crippen LogP contribution >= 0.6 is 0 Å². The highest BCUT2D eigenvalue weighted by Gasteiger charge is 2.32. The average Bonchev–Trinajstić information content (AvgIpc) is 2.54. The molecule has 1 aliphatic heterocycles. The van der Waals surface area contributed by atoms with Gasteiger partial charge in [0.25, 0.3) is 0 Å². The Labute approximate surface area is 155 Å². The number of phenols is 2. The molecule has 10 nitrogen and oxygen atoms in total. The monoisotopic (exact) mass is 401 g/mol. The molecule has 2 atom stereocenters. The minimum absolute atomic E-state index is 0. The van der Waals surface area contributed by atoms with Crippen molar-refractivity contribution in [3.05, 3.63) is 41.5 Å². The molecule has 11 heteroatoms. The molecule has 2 aromatic rings. The zero-order valence-corrected chi connectivity index (χ0v) is 15.0. The second kappa shape index (κ2) is 7.48. The standard InChI is InChI=1S/C16H16O9S.H3N/c1-23-15-4-8(2-3-13(15)25-26(20,21)22)16-12(19)7-10-11(18)5-9(17)6-14(10)24-16;/h2-6,12,16-19H,7H2,1H3,(H,20,21,22);1H3/t12-,16-;/m1./s1. The summed E-state index contributed by atoms with van der Waals surface area (Å²) >= 11 is 0. The first-order valence-electron chi connectivity index (χ1n) is 7.42. The van der Waals surface area contributed by atoms with Crippen molar-refractivity contribution in [2.24, 2.45) is 0 Å². The summed E-state index contributed by atoms with van der Waals surface area (Å²) in [6.07, 6.45) is -1.80. The van der Waals surface area contributed by atoms with Crippen LogP contribution in [-0.4, -0.2) is 41.5 Å². The Balaban J connectivity index is 0.00000261. The number of phenolic OH excluding ortho intramolecular Hbond substituents is 2. The van der Waals surface area contributed by atoms with E-state index in [2.05, 4.69) is 4.18 Å².